The van der Waals surface area contributed by atoms with E-state index >= 15 is 0 Å². The van der Waals surface area contributed by atoms with Crippen LogP contribution in [0.5, 0.6) is 0 Å². The van der Waals surface area contributed by atoms with Crippen LogP contribution in [0.15, 0.2) is 75.4 Å². The average Bonchev–Trinajstić information content (AvgIpc) is 3.15. The molecule has 0 spiro atoms. The smallest absolute Gasteiger partial charge is 0.178 e. The van der Waals surface area contributed by atoms with Gasteiger partial charge in [0.05, 0.1) is 71.6 Å². The Morgan fingerprint density at radius 1 is 0.618 bits per heavy atom. The highest BCUT2D eigenvalue weighted by atomic mass is 35.5. The van der Waals surface area contributed by atoms with Crippen molar-refractivity contribution in [3.05, 3.63) is 87.4 Å². The zero-order valence-corrected chi connectivity index (χ0v) is 35.3. The molecule has 1 unspecified atom stereocenters. The van der Waals surface area contributed by atoms with E-state index in [2.05, 4.69) is 4.90 Å². The Bertz CT molecular complexity index is 2010. The van der Waals surface area contributed by atoms with Gasteiger partial charge in [0, 0.05) is 56.0 Å². The van der Waals surface area contributed by atoms with Gasteiger partial charge in [0.25, 0.3) is 0 Å². The molecule has 0 aromatic heterocycles. The number of rotatable bonds is 25. The minimum Gasteiger partial charge on any atom is -0.382 e. The van der Waals surface area contributed by atoms with Crippen molar-refractivity contribution in [2.45, 2.75) is 46.4 Å². The van der Waals surface area contributed by atoms with Crippen LogP contribution >= 0.6 is 23.2 Å². The van der Waals surface area contributed by atoms with E-state index in [1.54, 1.807) is 31.4 Å². The third kappa shape index (κ3) is 14.3. The SMILES string of the molecule is COCCOCCCS(=O)(=O)c1cccc(S(=O)(=O)CCCOCCOCCOCCCS(=O)(=O)c2cccc(C3CN(C)Cc4c(Cl)cc(Cl)cc43)c2)c1. The van der Waals surface area contributed by atoms with E-state index in [-0.39, 0.29) is 97.0 Å². The largest absolute Gasteiger partial charge is 0.382 e. The molecule has 55 heavy (non-hydrogen) atoms. The van der Waals surface area contributed by atoms with Crippen LogP contribution in [0.4, 0.5) is 0 Å². The Balaban J connectivity index is 1.08. The number of ether oxygens (including phenoxy) is 5. The molecule has 0 saturated heterocycles. The van der Waals surface area contributed by atoms with Crippen molar-refractivity contribution < 1.29 is 48.9 Å². The van der Waals surface area contributed by atoms with Crippen LogP contribution in [-0.2, 0) is 59.7 Å². The Morgan fingerprint density at radius 2 is 1.07 bits per heavy atom. The van der Waals surface area contributed by atoms with E-state index < -0.39 is 29.5 Å². The second kappa shape index (κ2) is 22.1. The fraction of sp³-hybridized carbons (Fsp3) is 0.526. The van der Waals surface area contributed by atoms with Gasteiger partial charge in [-0.05, 0) is 85.5 Å². The molecule has 0 fully saturated rings. The van der Waals surface area contributed by atoms with E-state index in [9.17, 15) is 25.3 Å². The van der Waals surface area contributed by atoms with Crippen LogP contribution in [0.1, 0.15) is 41.9 Å². The lowest BCUT2D eigenvalue weighted by Crippen LogP contribution is -2.31. The summed E-state index contributed by atoms with van der Waals surface area (Å²) in [5.41, 5.74) is 2.90. The minimum atomic E-state index is -3.72. The maximum atomic E-state index is 13.2. The fourth-order valence-electron chi connectivity index (χ4n) is 6.11. The molecular formula is C38H51Cl2NO11S3. The summed E-state index contributed by atoms with van der Waals surface area (Å²) in [6.07, 6.45) is 0.831. The Kier molecular flexibility index (Phi) is 18.3. The number of fused-ring (bicyclic) bond motifs is 1. The van der Waals surface area contributed by atoms with Gasteiger partial charge in [-0.25, -0.2) is 25.3 Å². The zero-order valence-electron chi connectivity index (χ0n) is 31.3. The quantitative estimate of drug-likeness (QED) is 0.0994. The van der Waals surface area contributed by atoms with Crippen LogP contribution in [0.2, 0.25) is 10.0 Å². The number of benzene rings is 3. The molecule has 12 nitrogen and oxygen atoms in total. The van der Waals surface area contributed by atoms with Gasteiger partial charge in [0.1, 0.15) is 0 Å². The third-order valence-corrected chi connectivity index (χ3v) is 14.9. The Morgan fingerprint density at radius 3 is 1.58 bits per heavy atom. The van der Waals surface area contributed by atoms with E-state index in [1.165, 1.54) is 24.3 Å². The monoisotopic (exact) mass is 863 g/mol. The number of sulfone groups is 3. The summed E-state index contributed by atoms with van der Waals surface area (Å²) in [6.45, 7) is 3.99. The van der Waals surface area contributed by atoms with E-state index in [1.807, 2.05) is 19.2 Å². The first kappa shape index (κ1) is 45.6. The molecule has 0 bridgehead atoms. The maximum Gasteiger partial charge on any atom is 0.178 e. The van der Waals surface area contributed by atoms with Crippen molar-refractivity contribution in [3.8, 4) is 0 Å². The fourth-order valence-corrected chi connectivity index (χ4v) is 10.7. The molecule has 3 aromatic rings. The second-order valence-electron chi connectivity index (χ2n) is 13.2. The van der Waals surface area contributed by atoms with Crippen molar-refractivity contribution in [3.63, 3.8) is 0 Å². The molecule has 0 amide bonds. The number of methoxy groups -OCH3 is 1. The van der Waals surface area contributed by atoms with Crippen LogP contribution in [-0.4, -0.2) is 128 Å². The highest BCUT2D eigenvalue weighted by Crippen LogP contribution is 2.39. The molecule has 17 heteroatoms. The summed E-state index contributed by atoms with van der Waals surface area (Å²) in [7, 11) is -7.37. The Labute approximate surface area is 336 Å². The number of nitrogens with zero attached hydrogens (tertiary/aromatic N) is 1. The summed E-state index contributed by atoms with van der Waals surface area (Å²) >= 11 is 12.8. The minimum absolute atomic E-state index is 0.0397. The molecule has 0 saturated carbocycles. The van der Waals surface area contributed by atoms with Gasteiger partial charge >= 0.3 is 0 Å². The zero-order chi connectivity index (χ0) is 39.9. The highest BCUT2D eigenvalue weighted by Gasteiger charge is 2.28. The van der Waals surface area contributed by atoms with Gasteiger partial charge < -0.3 is 28.6 Å². The molecule has 3 aromatic carbocycles. The predicted octanol–water partition coefficient (Wildman–Crippen LogP) is 5.48. The van der Waals surface area contributed by atoms with Crippen LogP contribution in [0, 0.1) is 0 Å². The second-order valence-corrected chi connectivity index (χ2v) is 20.4. The van der Waals surface area contributed by atoms with Crippen molar-refractivity contribution in [1.82, 2.24) is 4.90 Å². The molecule has 0 N–H and O–H groups in total. The third-order valence-electron chi connectivity index (χ3n) is 8.92. The van der Waals surface area contributed by atoms with Gasteiger partial charge in [0.2, 0.25) is 0 Å². The first-order valence-electron chi connectivity index (χ1n) is 18.1. The van der Waals surface area contributed by atoms with Crippen molar-refractivity contribution in [2.24, 2.45) is 0 Å². The topological polar surface area (TPSA) is 152 Å². The molecular weight excluding hydrogens is 814 g/mol. The van der Waals surface area contributed by atoms with Gasteiger partial charge in [0.15, 0.2) is 29.5 Å². The first-order chi connectivity index (χ1) is 26.2. The summed E-state index contributed by atoms with van der Waals surface area (Å²) in [5.74, 6) is -0.482. The van der Waals surface area contributed by atoms with Gasteiger partial charge in [-0.1, -0.05) is 41.4 Å². The van der Waals surface area contributed by atoms with Crippen LogP contribution < -0.4 is 0 Å². The number of hydrogen-bond donors (Lipinski definition) is 0. The van der Waals surface area contributed by atoms with E-state index in [0.29, 0.717) is 42.8 Å². The molecule has 0 aliphatic carbocycles. The molecule has 1 aliphatic heterocycles. The first-order valence-corrected chi connectivity index (χ1v) is 23.8. The van der Waals surface area contributed by atoms with Gasteiger partial charge in [-0.2, -0.15) is 0 Å². The highest BCUT2D eigenvalue weighted by molar-refractivity contribution is 7.92. The van der Waals surface area contributed by atoms with Crippen LogP contribution in [0.25, 0.3) is 0 Å². The number of hydrogen-bond acceptors (Lipinski definition) is 12. The molecule has 1 heterocycles. The Hall–Kier alpha value is -2.15. The molecule has 1 atom stereocenters. The lowest BCUT2D eigenvalue weighted by atomic mass is 9.85. The molecule has 4 rings (SSSR count). The molecule has 306 valence electrons. The standard InChI is InChI=1S/C38H51Cl2NO11S3/c1-41-28-36(35-25-31(39)26-38(40)37(35)29-41)30-8-3-9-32(24-30)53(42,43)21-6-13-50-17-19-52-20-18-51-14-7-23-55(46,47)34-11-4-10-33(27-34)54(44,45)22-5-12-49-16-15-48-2/h3-4,8-11,24-27,36H,5-7,12-23,28-29H2,1-2H3. The van der Waals surface area contributed by atoms with Crippen molar-refractivity contribution in [2.75, 3.05) is 97.4 Å². The van der Waals surface area contributed by atoms with E-state index in [0.717, 1.165) is 16.7 Å². The summed E-state index contributed by atoms with van der Waals surface area (Å²) in [4.78, 5) is 2.33. The number of likely N-dealkylation sites (N-methyl/N-ethyl adjacent to an activating group) is 1. The lowest BCUT2D eigenvalue weighted by molar-refractivity contribution is 0.0149. The lowest BCUT2D eigenvalue weighted by Gasteiger charge is -2.33. The molecule has 1 aliphatic rings. The van der Waals surface area contributed by atoms with Crippen molar-refractivity contribution >= 4 is 52.7 Å². The molecule has 0 radical (unpaired) electrons. The summed E-state index contributed by atoms with van der Waals surface area (Å²) in [5, 5.41) is 1.15. The van der Waals surface area contributed by atoms with Gasteiger partial charge in [-0.3, -0.25) is 0 Å². The predicted molar refractivity (Wildman–Crippen MR) is 213 cm³/mol. The maximum absolute atomic E-state index is 13.2. The average molecular weight is 865 g/mol. The van der Waals surface area contributed by atoms with Crippen molar-refractivity contribution in [1.29, 1.82) is 0 Å². The van der Waals surface area contributed by atoms with Crippen LogP contribution in [0.3, 0.4) is 0 Å². The van der Waals surface area contributed by atoms with E-state index in [4.69, 9.17) is 46.9 Å². The summed E-state index contributed by atoms with van der Waals surface area (Å²) < 4.78 is 104. The summed E-state index contributed by atoms with van der Waals surface area (Å²) in [6, 6.07) is 16.1. The normalized spacial score (nSPS) is 15.3. The number of halogens is 2. The van der Waals surface area contributed by atoms with Gasteiger partial charge in [-0.15, -0.1) is 0 Å².